The lowest BCUT2D eigenvalue weighted by molar-refractivity contribution is 0.229. The van der Waals surface area contributed by atoms with E-state index in [1.807, 2.05) is 6.07 Å². The number of para-hydroxylation sites is 1. The number of hydrogen-bond donors (Lipinski definition) is 2. The van der Waals surface area contributed by atoms with Gasteiger partial charge < -0.3 is 24.2 Å². The fourth-order valence-electron chi connectivity index (χ4n) is 2.07. The monoisotopic (exact) mass is 317 g/mol. The first-order valence-corrected chi connectivity index (χ1v) is 8.62. The van der Waals surface area contributed by atoms with Crippen molar-refractivity contribution in [2.75, 3.05) is 44.4 Å². The van der Waals surface area contributed by atoms with Gasteiger partial charge in [0.05, 0.1) is 37.4 Å². The third-order valence-corrected chi connectivity index (χ3v) is 5.02. The van der Waals surface area contributed by atoms with Gasteiger partial charge in [-0.2, -0.15) is 0 Å². The van der Waals surface area contributed by atoms with Gasteiger partial charge in [0.2, 0.25) is 0 Å². The molecule has 1 rings (SSSR count). The summed E-state index contributed by atoms with van der Waals surface area (Å²) >= 11 is 0. The Morgan fingerprint density at radius 3 is 2.05 bits per heavy atom. The molecule has 0 amide bonds. The zero-order chi connectivity index (χ0) is 15.7. The summed E-state index contributed by atoms with van der Waals surface area (Å²) in [5.41, 5.74) is 0.644. The van der Waals surface area contributed by atoms with Crippen LogP contribution in [0.1, 0.15) is 13.8 Å². The van der Waals surface area contributed by atoms with Crippen LogP contribution < -0.4 is 10.2 Å². The Kier molecular flexibility index (Phi) is 7.93. The largest absolute Gasteiger partial charge is 0.395 e. The summed E-state index contributed by atoms with van der Waals surface area (Å²) < 4.78 is 23.7. The molecule has 0 aromatic heterocycles. The minimum Gasteiger partial charge on any atom is -0.395 e. The highest BCUT2D eigenvalue weighted by Crippen LogP contribution is 2.49. The molecule has 1 aromatic rings. The van der Waals surface area contributed by atoms with Gasteiger partial charge in [-0.3, -0.25) is 4.57 Å². The van der Waals surface area contributed by atoms with E-state index in [4.69, 9.17) is 9.05 Å². The Hall–Kier alpha value is -0.910. The molecular formula is C14H24NO5P. The molecule has 0 aliphatic heterocycles. The van der Waals surface area contributed by atoms with Crippen LogP contribution in [-0.2, 0) is 13.6 Å². The van der Waals surface area contributed by atoms with Gasteiger partial charge >= 0.3 is 7.60 Å². The molecular weight excluding hydrogens is 293 g/mol. The van der Waals surface area contributed by atoms with Crippen LogP contribution in [0.15, 0.2) is 24.3 Å². The summed E-state index contributed by atoms with van der Waals surface area (Å²) in [4.78, 5) is 1.76. The zero-order valence-electron chi connectivity index (χ0n) is 12.6. The molecule has 120 valence electrons. The van der Waals surface area contributed by atoms with Crippen molar-refractivity contribution in [3.8, 4) is 0 Å². The fraction of sp³-hybridized carbons (Fsp3) is 0.571. The van der Waals surface area contributed by atoms with Gasteiger partial charge in [0, 0.05) is 13.1 Å². The van der Waals surface area contributed by atoms with Crippen LogP contribution in [0, 0.1) is 0 Å². The van der Waals surface area contributed by atoms with Crippen molar-refractivity contribution < 1.29 is 23.8 Å². The second-order valence-electron chi connectivity index (χ2n) is 4.26. The van der Waals surface area contributed by atoms with E-state index in [1.165, 1.54) is 0 Å². The van der Waals surface area contributed by atoms with Gasteiger partial charge in [-0.05, 0) is 26.0 Å². The molecule has 0 unspecified atom stereocenters. The highest BCUT2D eigenvalue weighted by atomic mass is 31.2. The first kappa shape index (κ1) is 18.1. The molecule has 6 nitrogen and oxygen atoms in total. The number of hydrogen-bond acceptors (Lipinski definition) is 6. The molecule has 7 heteroatoms. The Morgan fingerprint density at radius 1 is 1.05 bits per heavy atom. The maximum atomic E-state index is 13.0. The predicted molar refractivity (Wildman–Crippen MR) is 83.3 cm³/mol. The number of rotatable bonds is 10. The highest BCUT2D eigenvalue weighted by Gasteiger charge is 2.30. The summed E-state index contributed by atoms with van der Waals surface area (Å²) in [6.45, 7) is 4.58. The maximum Gasteiger partial charge on any atom is 0.363 e. The van der Waals surface area contributed by atoms with Crippen molar-refractivity contribution in [1.29, 1.82) is 0 Å². The topological polar surface area (TPSA) is 79.2 Å². The first-order chi connectivity index (χ1) is 10.1. The molecule has 0 spiro atoms. The van der Waals surface area contributed by atoms with Gasteiger partial charge in [-0.1, -0.05) is 12.1 Å². The number of anilines is 1. The molecule has 0 fully saturated rings. The first-order valence-electron chi connectivity index (χ1n) is 7.08. The molecule has 0 saturated heterocycles. The van der Waals surface area contributed by atoms with Gasteiger partial charge in [0.1, 0.15) is 0 Å². The second kappa shape index (κ2) is 9.18. The van der Waals surface area contributed by atoms with Crippen molar-refractivity contribution in [1.82, 2.24) is 0 Å². The van der Waals surface area contributed by atoms with Crippen molar-refractivity contribution in [2.45, 2.75) is 13.8 Å². The Bertz CT molecular complexity index is 452. The summed E-state index contributed by atoms with van der Waals surface area (Å²) in [5, 5.41) is 18.8. The van der Waals surface area contributed by atoms with Gasteiger partial charge in [0.15, 0.2) is 0 Å². The van der Waals surface area contributed by atoms with Crippen molar-refractivity contribution in [3.05, 3.63) is 24.3 Å². The number of aliphatic hydroxyl groups is 2. The average molecular weight is 317 g/mol. The molecule has 0 bridgehead atoms. The van der Waals surface area contributed by atoms with Crippen LogP contribution in [-0.4, -0.2) is 49.7 Å². The molecule has 0 radical (unpaired) electrons. The van der Waals surface area contributed by atoms with Crippen molar-refractivity contribution >= 4 is 18.6 Å². The minimum atomic E-state index is -3.42. The van der Waals surface area contributed by atoms with E-state index in [-0.39, 0.29) is 26.4 Å². The van der Waals surface area contributed by atoms with Crippen LogP contribution in [0.3, 0.4) is 0 Å². The summed E-state index contributed by atoms with van der Waals surface area (Å²) in [6, 6.07) is 7.05. The Balaban J connectivity index is 3.25. The van der Waals surface area contributed by atoms with E-state index in [9.17, 15) is 14.8 Å². The molecule has 0 heterocycles. The third-order valence-electron chi connectivity index (χ3n) is 2.86. The van der Waals surface area contributed by atoms with Crippen LogP contribution in [0.5, 0.6) is 0 Å². The van der Waals surface area contributed by atoms with Crippen molar-refractivity contribution in [2.24, 2.45) is 0 Å². The smallest absolute Gasteiger partial charge is 0.363 e. The van der Waals surface area contributed by atoms with E-state index >= 15 is 0 Å². The quantitative estimate of drug-likeness (QED) is 0.635. The summed E-state index contributed by atoms with van der Waals surface area (Å²) in [7, 11) is -3.42. The van der Waals surface area contributed by atoms with Crippen LogP contribution in [0.2, 0.25) is 0 Å². The number of benzene rings is 1. The maximum absolute atomic E-state index is 13.0. The Labute approximate surface area is 125 Å². The van der Waals surface area contributed by atoms with Crippen LogP contribution in [0.4, 0.5) is 5.69 Å². The Morgan fingerprint density at radius 2 is 1.57 bits per heavy atom. The lowest BCUT2D eigenvalue weighted by Gasteiger charge is -2.28. The molecule has 0 aliphatic carbocycles. The van der Waals surface area contributed by atoms with Gasteiger partial charge in [-0.15, -0.1) is 0 Å². The lowest BCUT2D eigenvalue weighted by atomic mass is 10.3. The predicted octanol–water partition coefficient (Wildman–Crippen LogP) is 1.37. The normalized spacial score (nSPS) is 11.6. The fourth-order valence-corrected chi connectivity index (χ4v) is 3.87. The van der Waals surface area contributed by atoms with E-state index in [0.717, 1.165) is 0 Å². The van der Waals surface area contributed by atoms with Gasteiger partial charge in [-0.25, -0.2) is 0 Å². The number of nitrogens with zero attached hydrogens (tertiary/aromatic N) is 1. The summed E-state index contributed by atoms with van der Waals surface area (Å²) in [6.07, 6.45) is 0. The molecule has 0 saturated carbocycles. The molecule has 2 N–H and O–H groups in total. The van der Waals surface area contributed by atoms with E-state index in [1.54, 1.807) is 36.9 Å². The standard InChI is InChI=1S/C14H24NO5P/c1-3-19-21(18,20-4-2)14-8-6-5-7-13(14)15(9-11-16)10-12-17/h5-8,16-17H,3-4,9-12H2,1-2H3. The zero-order valence-corrected chi connectivity index (χ0v) is 13.5. The molecule has 21 heavy (non-hydrogen) atoms. The SMILES string of the molecule is CCOP(=O)(OCC)c1ccccc1N(CCO)CCO. The third kappa shape index (κ3) is 4.80. The minimum absolute atomic E-state index is 0.0676. The van der Waals surface area contributed by atoms with E-state index < -0.39 is 7.60 Å². The van der Waals surface area contributed by atoms with E-state index in [0.29, 0.717) is 24.1 Å². The number of aliphatic hydroxyl groups excluding tert-OH is 2. The highest BCUT2D eigenvalue weighted by molar-refractivity contribution is 7.62. The van der Waals surface area contributed by atoms with Gasteiger partial charge in [0.25, 0.3) is 0 Å². The summed E-state index contributed by atoms with van der Waals surface area (Å²) in [5.74, 6) is 0. The van der Waals surface area contributed by atoms with Crippen LogP contribution in [0.25, 0.3) is 0 Å². The lowest BCUT2D eigenvalue weighted by Crippen LogP contribution is -2.33. The van der Waals surface area contributed by atoms with Crippen LogP contribution >= 0.6 is 7.60 Å². The second-order valence-corrected chi connectivity index (χ2v) is 6.25. The van der Waals surface area contributed by atoms with E-state index in [2.05, 4.69) is 0 Å². The molecule has 0 atom stereocenters. The molecule has 1 aromatic carbocycles. The molecule has 0 aliphatic rings. The van der Waals surface area contributed by atoms with Crippen molar-refractivity contribution in [3.63, 3.8) is 0 Å². The average Bonchev–Trinajstić information content (AvgIpc) is 2.47.